The molecule has 5 aliphatic rings. The molecular formula is C59H67F2N9O9. The van der Waals surface area contributed by atoms with Gasteiger partial charge in [-0.1, -0.05) is 54.3 Å². The maximum Gasteiger partial charge on any atom is 0.270 e. The number of rotatable bonds is 18. The highest BCUT2D eigenvalue weighted by molar-refractivity contribution is 6.06. The number of primary amides is 1. The van der Waals surface area contributed by atoms with Crippen molar-refractivity contribution in [2.24, 2.45) is 17.6 Å². The van der Waals surface area contributed by atoms with Gasteiger partial charge in [0.15, 0.2) is 5.78 Å². The van der Waals surface area contributed by atoms with Crippen molar-refractivity contribution < 1.29 is 51.9 Å². The van der Waals surface area contributed by atoms with Crippen LogP contribution in [0, 0.1) is 23.7 Å². The highest BCUT2D eigenvalue weighted by Crippen LogP contribution is 2.33. The Morgan fingerprint density at radius 1 is 0.911 bits per heavy atom. The summed E-state index contributed by atoms with van der Waals surface area (Å²) < 4.78 is 28.2. The van der Waals surface area contributed by atoms with Crippen LogP contribution >= 0.6 is 0 Å². The molecule has 1 unspecified atom stereocenters. The number of nitrogens with zero attached hydrogens (tertiary/aromatic N) is 4. The lowest BCUT2D eigenvalue weighted by Gasteiger charge is -2.35. The second-order valence-electron chi connectivity index (χ2n) is 21.9. The van der Waals surface area contributed by atoms with Crippen molar-refractivity contribution in [1.82, 2.24) is 40.5 Å². The Labute approximate surface area is 456 Å². The second-order valence-corrected chi connectivity index (χ2v) is 21.9. The van der Waals surface area contributed by atoms with E-state index in [9.17, 15) is 51.9 Å². The number of hydrogen-bond acceptors (Lipinski definition) is 10. The number of nitrogens with one attached hydrogen (secondary N) is 4. The molecule has 20 heteroatoms. The molecule has 4 aromatic rings. The van der Waals surface area contributed by atoms with Crippen LogP contribution in [0.15, 0.2) is 72.8 Å². The van der Waals surface area contributed by atoms with E-state index >= 15 is 0 Å². The zero-order valence-electron chi connectivity index (χ0n) is 44.5. The van der Waals surface area contributed by atoms with E-state index in [1.54, 1.807) is 24.1 Å². The third-order valence-electron chi connectivity index (χ3n) is 16.2. The topological polar surface area (TPSA) is 244 Å². The first-order valence-electron chi connectivity index (χ1n) is 27.3. The molecule has 9 rings (SSSR count). The van der Waals surface area contributed by atoms with Crippen LogP contribution in [0.5, 0.6) is 0 Å². The van der Waals surface area contributed by atoms with Gasteiger partial charge in [0.2, 0.25) is 35.4 Å². The van der Waals surface area contributed by atoms with Crippen LogP contribution in [0.25, 0.3) is 10.9 Å². The summed E-state index contributed by atoms with van der Waals surface area (Å²) in [6.45, 7) is 2.56. The average Bonchev–Trinajstić information content (AvgIpc) is 4.24. The molecule has 79 heavy (non-hydrogen) atoms. The van der Waals surface area contributed by atoms with Gasteiger partial charge in [-0.2, -0.15) is 0 Å². The summed E-state index contributed by atoms with van der Waals surface area (Å²) in [6, 6.07) is 15.8. The predicted molar refractivity (Wildman–Crippen MR) is 286 cm³/mol. The summed E-state index contributed by atoms with van der Waals surface area (Å²) in [7, 11) is 1.80. The van der Waals surface area contributed by atoms with Gasteiger partial charge in [0.05, 0.1) is 6.04 Å². The minimum absolute atomic E-state index is 0.0655. The summed E-state index contributed by atoms with van der Waals surface area (Å²) in [6.07, 6.45) is 4.75. The highest BCUT2D eigenvalue weighted by Gasteiger charge is 2.47. The van der Waals surface area contributed by atoms with Crippen LogP contribution in [0.4, 0.5) is 8.78 Å². The molecule has 0 bridgehead atoms. The van der Waals surface area contributed by atoms with Gasteiger partial charge in [-0.3, -0.25) is 48.5 Å². The number of amides is 8. The fraction of sp³-hybridized carbons (Fsp3) is 0.475. The lowest BCUT2D eigenvalue weighted by Crippen LogP contribution is -2.57. The first kappa shape index (κ1) is 55.9. The number of likely N-dealkylation sites (N-methyl/N-ethyl adjacent to an activating group) is 1. The number of aromatic nitrogens is 1. The van der Waals surface area contributed by atoms with E-state index in [-0.39, 0.29) is 93.1 Å². The molecule has 8 amide bonds. The number of hydrogen-bond donors (Lipinski definition) is 5. The van der Waals surface area contributed by atoms with Crippen LogP contribution in [0.3, 0.4) is 0 Å². The molecule has 4 fully saturated rings. The molecule has 6 atom stereocenters. The Morgan fingerprint density at radius 2 is 1.68 bits per heavy atom. The van der Waals surface area contributed by atoms with Gasteiger partial charge in [0.1, 0.15) is 23.8 Å². The summed E-state index contributed by atoms with van der Waals surface area (Å²) in [4.78, 5) is 131. The smallest absolute Gasteiger partial charge is 0.270 e. The fourth-order valence-corrected chi connectivity index (χ4v) is 12.0. The average molecular weight is 1080 g/mol. The van der Waals surface area contributed by atoms with Gasteiger partial charge in [0, 0.05) is 105 Å². The first-order chi connectivity index (χ1) is 37.8. The van der Waals surface area contributed by atoms with Crippen molar-refractivity contribution in [1.29, 1.82) is 0 Å². The number of ketones is 1. The Hall–Kier alpha value is -7.79. The maximum atomic E-state index is 14.5. The van der Waals surface area contributed by atoms with Crippen molar-refractivity contribution in [3.63, 3.8) is 0 Å². The molecule has 18 nitrogen and oxygen atoms in total. The minimum atomic E-state index is -3.09. The number of imide groups is 1. The SMILES string of the molecule is CN1C[C@H]2CC[C@@H](C(=O)N[C@@H](CCC(N)=O)C(=O)C[C@@H](Cc3ccccc3)C(=O)N3CCC(CCCC#Cc4cccc5c4CN(C4CCC(=O)NC4=O)C5=O)CC3)N2C(=O)[C@@H](NC(=O)c2cc3cc(C(C)(F)F)ccc3[nH]2)C1. The normalized spacial score (nSPS) is 21.6. The third-order valence-corrected chi connectivity index (χ3v) is 16.2. The van der Waals surface area contributed by atoms with E-state index in [0.29, 0.717) is 54.9 Å². The van der Waals surface area contributed by atoms with Crippen LogP contribution in [-0.4, -0.2) is 141 Å². The lowest BCUT2D eigenvalue weighted by atomic mass is 9.87. The third kappa shape index (κ3) is 13.1. The Bertz CT molecular complexity index is 3100. The lowest BCUT2D eigenvalue weighted by molar-refractivity contribution is -0.142. The van der Waals surface area contributed by atoms with Gasteiger partial charge in [0.25, 0.3) is 17.7 Å². The Balaban J connectivity index is 0.808. The van der Waals surface area contributed by atoms with E-state index in [1.807, 2.05) is 41.3 Å². The van der Waals surface area contributed by atoms with Gasteiger partial charge in [-0.05, 0) is 112 Å². The number of Topliss-reactive ketones (excluding diaryl/α,β-unsaturated/α-hetero) is 1. The van der Waals surface area contributed by atoms with Crippen LogP contribution < -0.4 is 21.7 Å². The van der Waals surface area contributed by atoms with Crippen molar-refractivity contribution in [3.8, 4) is 11.8 Å². The van der Waals surface area contributed by atoms with Crippen molar-refractivity contribution >= 4 is 63.9 Å². The zero-order chi connectivity index (χ0) is 56.1. The summed E-state index contributed by atoms with van der Waals surface area (Å²) in [5, 5.41) is 8.37. The molecule has 4 saturated heterocycles. The molecule has 6 N–H and O–H groups in total. The number of alkyl halides is 2. The molecule has 1 aromatic heterocycles. The Kier molecular flexibility index (Phi) is 17.0. The summed E-state index contributed by atoms with van der Waals surface area (Å²) >= 11 is 0. The van der Waals surface area contributed by atoms with E-state index in [1.165, 1.54) is 34.1 Å². The molecular weight excluding hydrogens is 1020 g/mol. The van der Waals surface area contributed by atoms with E-state index < -0.39 is 71.3 Å². The van der Waals surface area contributed by atoms with Gasteiger partial charge in [-0.15, -0.1) is 0 Å². The molecule has 0 radical (unpaired) electrons. The molecule has 5 aliphatic heterocycles. The van der Waals surface area contributed by atoms with Crippen molar-refractivity contribution in [3.05, 3.63) is 106 Å². The zero-order valence-corrected chi connectivity index (χ0v) is 44.5. The number of likely N-dealkylation sites (tertiary alicyclic amines) is 1. The number of H-pyrrole nitrogens is 1. The first-order valence-corrected chi connectivity index (χ1v) is 27.3. The van der Waals surface area contributed by atoms with Crippen LogP contribution in [0.2, 0.25) is 0 Å². The molecule has 0 spiro atoms. The molecule has 0 saturated carbocycles. The van der Waals surface area contributed by atoms with Crippen molar-refractivity contribution in [2.75, 3.05) is 33.2 Å². The molecule has 0 aliphatic carbocycles. The number of benzene rings is 3. The number of aromatic amines is 1. The maximum absolute atomic E-state index is 14.5. The van der Waals surface area contributed by atoms with Gasteiger partial charge < -0.3 is 41.0 Å². The number of carbonyl (C=O) groups is 9. The quantitative estimate of drug-likeness (QED) is 0.0532. The summed E-state index contributed by atoms with van der Waals surface area (Å²) in [5.41, 5.74) is 8.76. The Morgan fingerprint density at radius 3 is 2.42 bits per heavy atom. The largest absolute Gasteiger partial charge is 0.370 e. The number of piperidine rings is 2. The number of halogens is 2. The highest BCUT2D eigenvalue weighted by atomic mass is 19.3. The van der Waals surface area contributed by atoms with Gasteiger partial charge in [-0.25, -0.2) is 8.78 Å². The van der Waals surface area contributed by atoms with Crippen LogP contribution in [-0.2, 0) is 52.4 Å². The minimum Gasteiger partial charge on any atom is -0.370 e. The summed E-state index contributed by atoms with van der Waals surface area (Å²) in [5.74, 6) is -1.12. The second kappa shape index (κ2) is 24.1. The molecule has 3 aromatic carbocycles. The van der Waals surface area contributed by atoms with Crippen LogP contribution in [0.1, 0.15) is 127 Å². The van der Waals surface area contributed by atoms with E-state index in [0.717, 1.165) is 49.3 Å². The van der Waals surface area contributed by atoms with E-state index in [2.05, 4.69) is 32.8 Å². The predicted octanol–water partition coefficient (Wildman–Crippen LogP) is 4.47. The number of nitrogens with two attached hydrogens (primary N) is 1. The molecule has 6 heterocycles. The monoisotopic (exact) mass is 1080 g/mol. The van der Waals surface area contributed by atoms with Crippen molar-refractivity contribution in [2.45, 2.75) is 133 Å². The fourth-order valence-electron chi connectivity index (χ4n) is 12.0. The molecule has 416 valence electrons. The van der Waals surface area contributed by atoms with Gasteiger partial charge >= 0.3 is 0 Å². The number of unbranched alkanes of at least 4 members (excludes halogenated alkanes) is 1. The van der Waals surface area contributed by atoms with E-state index in [4.69, 9.17) is 5.73 Å². The standard InChI is InChI=1S/C59H67F2N9O9/c1-59(60,61)40-16-18-44-38(29-40)30-46(63-44)53(74)65-47-34-67(2)32-41-17-20-49(70(41)58(47)79)55(76)64-45(19-22-51(62)72)50(71)31-39(28-36-11-6-3-7-12-36)56(77)68-26-24-35(25-27-68)10-5-4-8-13-37-14-9-15-42-43(37)33-69(57(42)78)48-21-23-52(73)66-54(48)75/h3,6-7,9,11-12,14-16,18,29-30,35,39,41,45,47-49,63H,4-5,10,17,19-28,31-34H2,1-2H3,(H2,62,72)(H,64,76)(H,65,74)(H,66,73,75)/t39-,41-,45+,47+,48?,49+/m1/s1. The number of carbonyl (C=O) groups excluding carboxylic acids is 9. The number of fused-ring (bicyclic) bond motifs is 3.